The number of nitrogens with zero attached hydrogens (tertiary/aromatic N) is 3. The lowest BCUT2D eigenvalue weighted by Crippen LogP contribution is -2.61. The molecular weight excluding hydrogens is 1680 g/mol. The van der Waals surface area contributed by atoms with Crippen molar-refractivity contribution in [3.8, 4) is 0 Å². The SMILES string of the molecule is CC[C@H](C)[C@@H]1NC(=O)[C@H](Cc2cnc[nH]2)NC(=O)[C@H](CCC(N)=O)NC(=O)CNC(=O)[C@H](CCC(N)=O)NC(=O)[C@H](Cc2cnc[nH]2)NC(=O)[C@@H]2CCCN2C(=O)[C@H](CCCCN)NC(=O)[C@H]([C@@H](C)CC)NC(=O)[C@H](CCCNC(=N)N)NC(=O)[C@H](CCSC)NC(=O)[C@H]([C@@H](C)CC)NC(=O)[C@H](CCC(N)=O)NC(=O)CNC(=O)[C@H](CCC(=O)O)NC(=O)CNC1=O. The molecule has 0 aliphatic carbocycles. The smallest absolute Gasteiger partial charge is 0.303 e. The van der Waals surface area contributed by atoms with Crippen LogP contribution < -0.4 is 114 Å². The molecule has 2 aromatic rings. The average Bonchev–Trinajstić information content (AvgIpc) is 1.70. The number of primary amides is 3. The average molecular weight is 1810 g/mol. The predicted molar refractivity (Wildman–Crippen MR) is 457 cm³/mol. The first-order valence-corrected chi connectivity index (χ1v) is 43.7. The summed E-state index contributed by atoms with van der Waals surface area (Å²) in [5, 5.41) is 57.8. The van der Waals surface area contributed by atoms with E-state index in [1.165, 1.54) is 41.7 Å². The number of nitrogens with one attached hydrogen (secondary N) is 19. The van der Waals surface area contributed by atoms with Gasteiger partial charge in [-0.25, -0.2) is 9.97 Å². The highest BCUT2D eigenvalue weighted by Gasteiger charge is 2.43. The van der Waals surface area contributed by atoms with Crippen LogP contribution in [0.4, 0.5) is 0 Å². The number of carboxylic acid groups (broad SMARTS) is 1. The van der Waals surface area contributed by atoms with Crippen molar-refractivity contribution < 1.29 is 101 Å². The van der Waals surface area contributed by atoms with Crippen molar-refractivity contribution in [2.45, 2.75) is 255 Å². The molecule has 2 aromatic heterocycles. The fraction of sp³-hybridized carbons (Fsp3) is 0.654. The van der Waals surface area contributed by atoms with Crippen LogP contribution in [-0.2, 0) is 109 Å². The summed E-state index contributed by atoms with van der Waals surface area (Å²) >= 11 is 1.28. The number of thioether (sulfide) groups is 1. The summed E-state index contributed by atoms with van der Waals surface area (Å²) in [7, 11) is 0. The third kappa shape index (κ3) is 38.0. The third-order valence-electron chi connectivity index (χ3n) is 21.4. The van der Waals surface area contributed by atoms with Crippen LogP contribution in [0.1, 0.15) is 175 Å². The summed E-state index contributed by atoms with van der Waals surface area (Å²) in [6.07, 6.45) is 3.09. The normalized spacial score (nSPS) is 24.5. The second-order valence-corrected chi connectivity index (χ2v) is 32.2. The van der Waals surface area contributed by atoms with Gasteiger partial charge in [0.1, 0.15) is 78.5 Å². The van der Waals surface area contributed by atoms with Crippen molar-refractivity contribution in [1.82, 2.24) is 110 Å². The molecule has 49 heteroatoms. The molecule has 0 unspecified atom stereocenters. The molecule has 0 radical (unpaired) electrons. The number of fused-ring (bicyclic) bond motifs is 1. The van der Waals surface area contributed by atoms with Gasteiger partial charge in [0.2, 0.25) is 112 Å². The quantitative estimate of drug-likeness (QED) is 0.0179. The maximum atomic E-state index is 15.1. The predicted octanol–water partition coefficient (Wildman–Crippen LogP) is -7.97. The number of aromatic nitrogens is 4. The summed E-state index contributed by atoms with van der Waals surface area (Å²) in [4.78, 5) is 294. The van der Waals surface area contributed by atoms with Crippen LogP contribution in [0.15, 0.2) is 25.0 Å². The van der Waals surface area contributed by atoms with Gasteiger partial charge in [-0.3, -0.25) is 101 Å². The number of guanidine groups is 1. The summed E-state index contributed by atoms with van der Waals surface area (Å²) in [5.74, 6) is -22.6. The summed E-state index contributed by atoms with van der Waals surface area (Å²) in [5.41, 5.74) is 28.5. The maximum absolute atomic E-state index is 15.1. The number of rotatable bonds is 33. The number of imidazole rings is 2. The highest BCUT2D eigenvalue weighted by molar-refractivity contribution is 7.98. The number of carbonyl (C=O) groups is 20. The molecular formula is C78H127N27O21S. The molecule has 2 fully saturated rings. The molecule has 706 valence electrons. The van der Waals surface area contributed by atoms with Crippen LogP contribution in [0, 0.1) is 23.2 Å². The summed E-state index contributed by atoms with van der Waals surface area (Å²) in [6, 6.07) is -20.1. The largest absolute Gasteiger partial charge is 0.481 e. The highest BCUT2D eigenvalue weighted by Crippen LogP contribution is 2.23. The van der Waals surface area contributed by atoms with E-state index in [4.69, 9.17) is 34.1 Å². The molecule has 0 bridgehead atoms. The van der Waals surface area contributed by atoms with Gasteiger partial charge in [0.25, 0.3) is 0 Å². The zero-order chi connectivity index (χ0) is 94.6. The first-order chi connectivity index (χ1) is 60.2. The van der Waals surface area contributed by atoms with E-state index >= 15 is 4.79 Å². The van der Waals surface area contributed by atoms with Crippen LogP contribution >= 0.6 is 11.8 Å². The fourth-order valence-electron chi connectivity index (χ4n) is 13.5. The van der Waals surface area contributed by atoms with Crippen LogP contribution in [0.5, 0.6) is 0 Å². The molecule has 30 N–H and O–H groups in total. The number of aliphatic carboxylic acids is 1. The fourth-order valence-corrected chi connectivity index (χ4v) is 14.0. The summed E-state index contributed by atoms with van der Waals surface area (Å²) in [6.45, 7) is 7.12. The number of hydrogen-bond donors (Lipinski definition) is 25. The molecule has 0 spiro atoms. The van der Waals surface area contributed by atoms with Gasteiger partial charge < -0.3 is 134 Å². The maximum Gasteiger partial charge on any atom is 0.303 e. The Hall–Kier alpha value is -12.6. The minimum atomic E-state index is -1.73. The Bertz CT molecular complexity index is 4100. The summed E-state index contributed by atoms with van der Waals surface area (Å²) < 4.78 is 0. The lowest BCUT2D eigenvalue weighted by molar-refractivity contribution is -0.143. The van der Waals surface area contributed by atoms with Gasteiger partial charge in [0, 0.05) is 75.4 Å². The van der Waals surface area contributed by atoms with Gasteiger partial charge in [-0.1, -0.05) is 60.8 Å². The molecule has 127 heavy (non-hydrogen) atoms. The van der Waals surface area contributed by atoms with Crippen LogP contribution in [0.25, 0.3) is 0 Å². The standard InChI is InChI=1S/C78H127N27O21S/c1-8-40(4)62-74(123)90-37-60(111)93-46(21-25-61(112)113)65(114)88-35-59(110)95-49(20-24-57(82)108)70(119)104-63(41(5)9-2)75(124)98-50(26-30-127-7)68(117)96-45(16-13-28-87-78(83)84)69(118)103-64(42(6)10-3)76(125)99-51(15-11-12-27-79)77(126)105-29-14-17-54(105)73(122)101-52(31-43-33-85-38-91-43)71(120)97-47(18-22-55(80)106)66(115)89-36-58(109)94-48(19-23-56(81)107)67(116)100-53(72(121)102-62)32-44-34-86-39-92-44/h33-34,38-42,45-54,62-64H,8-32,35-37,79H2,1-7H3,(H2,80,106)(H2,81,107)(H2,82,108)(H,85,91)(H,86,92)(H,88,114)(H,89,115)(H,90,123)(H,93,111)(H,94,109)(H,95,110)(H,96,117)(H,97,120)(H,98,124)(H,99,125)(H,100,116)(H,101,122)(H,102,121)(H,103,118)(H,104,119)(H,112,113)(H4,83,84,87)/t40-,41-,42-,45-,46-,47-,48-,49-,50-,51-,52-,53-,54-,62-,63-,64-/m0/s1. The van der Waals surface area contributed by atoms with E-state index in [0.717, 1.165) is 0 Å². The van der Waals surface area contributed by atoms with Crippen molar-refractivity contribution >= 4 is 136 Å². The molecule has 16 atom stereocenters. The number of H-pyrrole nitrogens is 2. The van der Waals surface area contributed by atoms with Gasteiger partial charge in [-0.2, -0.15) is 11.8 Å². The number of hydrogen-bond acceptors (Lipinski definition) is 25. The van der Waals surface area contributed by atoms with Gasteiger partial charge in [0.15, 0.2) is 5.96 Å². The van der Waals surface area contributed by atoms with Crippen molar-refractivity contribution in [2.24, 2.45) is 46.4 Å². The van der Waals surface area contributed by atoms with Crippen LogP contribution in [0.3, 0.4) is 0 Å². The Labute approximate surface area is 738 Å². The number of amides is 19. The second kappa shape index (κ2) is 55.7. The van der Waals surface area contributed by atoms with Gasteiger partial charge in [0.05, 0.1) is 32.3 Å². The minimum absolute atomic E-state index is 0.0105. The molecule has 4 rings (SSSR count). The van der Waals surface area contributed by atoms with Crippen LogP contribution in [-0.4, -0.2) is 284 Å². The van der Waals surface area contributed by atoms with Crippen molar-refractivity contribution in [3.05, 3.63) is 36.4 Å². The Kier molecular flexibility index (Phi) is 46.8. The van der Waals surface area contributed by atoms with E-state index in [2.05, 4.69) is 105 Å². The van der Waals surface area contributed by atoms with E-state index in [1.807, 2.05) is 0 Å². The molecule has 2 aliphatic rings. The van der Waals surface area contributed by atoms with Gasteiger partial charge >= 0.3 is 5.97 Å². The van der Waals surface area contributed by atoms with E-state index in [0.29, 0.717) is 6.42 Å². The first kappa shape index (κ1) is 107. The van der Waals surface area contributed by atoms with E-state index in [-0.39, 0.29) is 114 Å². The number of carboxylic acids is 1. The topological polar surface area (TPSA) is 769 Å². The minimum Gasteiger partial charge on any atom is -0.481 e. The van der Waals surface area contributed by atoms with Crippen molar-refractivity contribution in [1.29, 1.82) is 5.41 Å². The molecule has 0 saturated carbocycles. The molecule has 2 saturated heterocycles. The highest BCUT2D eigenvalue weighted by atomic mass is 32.2. The Morgan fingerprint density at radius 1 is 0.457 bits per heavy atom. The molecule has 0 aromatic carbocycles. The van der Waals surface area contributed by atoms with Gasteiger partial charge in [-0.15, -0.1) is 0 Å². The molecule has 48 nitrogen and oxygen atoms in total. The third-order valence-corrected chi connectivity index (χ3v) is 22.1. The number of carbonyl (C=O) groups excluding carboxylic acids is 19. The Balaban J connectivity index is 1.87. The molecule has 2 aliphatic heterocycles. The Morgan fingerprint density at radius 3 is 1.22 bits per heavy atom. The number of unbranched alkanes of at least 4 members (excludes halogenated alkanes) is 1. The van der Waals surface area contributed by atoms with E-state index in [1.54, 1.807) is 47.8 Å². The van der Waals surface area contributed by atoms with Gasteiger partial charge in [-0.05, 0) is 113 Å². The molecule has 4 heterocycles. The second-order valence-electron chi connectivity index (χ2n) is 31.2. The molecule has 19 amide bonds. The van der Waals surface area contributed by atoms with Crippen molar-refractivity contribution in [3.63, 3.8) is 0 Å². The lowest BCUT2D eigenvalue weighted by Gasteiger charge is -2.32. The Morgan fingerprint density at radius 2 is 0.811 bits per heavy atom. The zero-order valence-corrected chi connectivity index (χ0v) is 73.4. The lowest BCUT2D eigenvalue weighted by atomic mass is 9.96. The van der Waals surface area contributed by atoms with E-state index < -0.39 is 291 Å². The number of nitrogens with two attached hydrogens (primary N) is 5. The first-order valence-electron chi connectivity index (χ1n) is 42.3. The number of aromatic amines is 2. The van der Waals surface area contributed by atoms with Crippen LogP contribution in [0.2, 0.25) is 0 Å². The van der Waals surface area contributed by atoms with Crippen molar-refractivity contribution in [2.75, 3.05) is 51.3 Å². The monoisotopic (exact) mass is 1810 g/mol. The van der Waals surface area contributed by atoms with E-state index in [9.17, 15) is 96.2 Å². The zero-order valence-electron chi connectivity index (χ0n) is 72.6.